The van der Waals surface area contributed by atoms with Gasteiger partial charge in [0.15, 0.2) is 0 Å². The second kappa shape index (κ2) is 16.5. The summed E-state index contributed by atoms with van der Waals surface area (Å²) in [5.41, 5.74) is 2.21. The molecule has 4 rings (SSSR count). The largest absolute Gasteiger partial charge is 0.508 e. The van der Waals surface area contributed by atoms with Crippen molar-refractivity contribution in [2.75, 3.05) is 39.5 Å². The minimum Gasteiger partial charge on any atom is -0.508 e. The van der Waals surface area contributed by atoms with Crippen LogP contribution in [0.15, 0.2) is 18.2 Å². The highest BCUT2D eigenvalue weighted by Crippen LogP contribution is 2.51. The highest BCUT2D eigenvalue weighted by atomic mass is 35.5. The number of hydrogen-bond donors (Lipinski definition) is 2. The smallest absolute Gasteiger partial charge is 0.305 e. The average Bonchev–Trinajstić information content (AvgIpc) is 2.94. The van der Waals surface area contributed by atoms with E-state index in [0.717, 1.165) is 76.9 Å². The van der Waals surface area contributed by atoms with Crippen LogP contribution in [-0.4, -0.2) is 66.6 Å². The van der Waals surface area contributed by atoms with Crippen molar-refractivity contribution in [1.82, 2.24) is 4.90 Å². The van der Waals surface area contributed by atoms with Crippen LogP contribution in [0.25, 0.3) is 0 Å². The number of halogens is 1. The molecule has 234 valence electrons. The molecule has 2 N–H and O–H groups in total. The number of aliphatic hydroxyl groups is 1. The minimum atomic E-state index is -0.318. The van der Waals surface area contributed by atoms with Gasteiger partial charge in [-0.05, 0) is 97.8 Å². The van der Waals surface area contributed by atoms with Gasteiger partial charge < -0.3 is 19.7 Å². The molecule has 41 heavy (non-hydrogen) atoms. The van der Waals surface area contributed by atoms with Crippen LogP contribution < -0.4 is 0 Å². The van der Waals surface area contributed by atoms with Crippen molar-refractivity contribution in [3.63, 3.8) is 0 Å². The van der Waals surface area contributed by atoms with E-state index >= 15 is 0 Å². The molecule has 1 aliphatic heterocycles. The molecule has 0 radical (unpaired) electrons. The van der Waals surface area contributed by atoms with E-state index < -0.39 is 0 Å². The molecule has 1 aromatic rings. The summed E-state index contributed by atoms with van der Waals surface area (Å²) in [6.07, 6.45) is 11.7. The molecule has 5 unspecified atom stereocenters. The van der Waals surface area contributed by atoms with Crippen LogP contribution in [0.4, 0.5) is 0 Å². The maximum absolute atomic E-state index is 12.5. The number of carbonyl (C=O) groups is 1. The third kappa shape index (κ3) is 9.84. The molecule has 0 amide bonds. The summed E-state index contributed by atoms with van der Waals surface area (Å²) in [7, 11) is 0. The van der Waals surface area contributed by atoms with Crippen LogP contribution in [0.2, 0.25) is 0 Å². The lowest BCUT2D eigenvalue weighted by Crippen LogP contribution is -2.39. The fraction of sp³-hybridized carbons (Fsp3) is 0.794. The van der Waals surface area contributed by atoms with E-state index in [-0.39, 0.29) is 35.8 Å². The summed E-state index contributed by atoms with van der Waals surface area (Å²) in [5.74, 6) is 1.65. The summed E-state index contributed by atoms with van der Waals surface area (Å²) in [5, 5.41) is 22.0. The predicted molar refractivity (Wildman–Crippen MR) is 167 cm³/mol. The van der Waals surface area contributed by atoms with E-state index in [0.29, 0.717) is 43.0 Å². The van der Waals surface area contributed by atoms with Crippen LogP contribution in [0.3, 0.4) is 0 Å². The lowest BCUT2D eigenvalue weighted by Gasteiger charge is -2.46. The zero-order valence-electron chi connectivity index (χ0n) is 25.8. The van der Waals surface area contributed by atoms with E-state index in [1.807, 2.05) is 6.07 Å². The Morgan fingerprint density at radius 3 is 2.59 bits per heavy atom. The number of carbonyl (C=O) groups excluding carboxylic acids is 1. The fourth-order valence-corrected chi connectivity index (χ4v) is 7.54. The van der Waals surface area contributed by atoms with Crippen molar-refractivity contribution >= 4 is 18.4 Å². The third-order valence-electron chi connectivity index (χ3n) is 10.1. The van der Waals surface area contributed by atoms with Crippen molar-refractivity contribution in [1.29, 1.82) is 0 Å². The summed E-state index contributed by atoms with van der Waals surface area (Å²) in [4.78, 5) is 14.8. The minimum absolute atomic E-state index is 0. The van der Waals surface area contributed by atoms with E-state index in [2.05, 4.69) is 37.8 Å². The summed E-state index contributed by atoms with van der Waals surface area (Å²) >= 11 is 0. The SMILES string of the molecule is CCCCCCC(C)(C)c1ccc(C2CC(O)CC3CCC(COC(=O)CCCN4CCOCC4)CC32)c(O)c1.Cl. The number of phenols is 1. The maximum atomic E-state index is 12.5. The Kier molecular flexibility index (Phi) is 13.7. The highest BCUT2D eigenvalue weighted by Gasteiger charge is 2.42. The van der Waals surface area contributed by atoms with Gasteiger partial charge in [0.2, 0.25) is 0 Å². The first-order chi connectivity index (χ1) is 19.3. The standard InChI is InChI=1S/C34H55NO5.ClH/c1-4-5-6-7-14-34(2,3)27-12-13-29(32(37)22-27)31-23-28(36)21-26-11-10-25(20-30(26)31)24-40-33(38)9-8-15-35-16-18-39-19-17-35;/h12-13,22,25-26,28,30-31,36-37H,4-11,14-21,23-24H2,1-3H3;1H. The first kappa shape index (κ1) is 34.2. The van der Waals surface area contributed by atoms with Gasteiger partial charge in [-0.1, -0.05) is 58.6 Å². The topological polar surface area (TPSA) is 79.2 Å². The first-order valence-corrected chi connectivity index (χ1v) is 16.2. The van der Waals surface area contributed by atoms with E-state index in [4.69, 9.17) is 9.47 Å². The Bertz CT molecular complexity index is 934. The number of ether oxygens (including phenoxy) is 2. The quantitative estimate of drug-likeness (QED) is 0.190. The number of fused-ring (bicyclic) bond motifs is 1. The van der Waals surface area contributed by atoms with E-state index in [9.17, 15) is 15.0 Å². The molecule has 1 saturated heterocycles. The third-order valence-corrected chi connectivity index (χ3v) is 10.1. The molecule has 7 heteroatoms. The normalized spacial score (nSPS) is 27.1. The number of unbranched alkanes of at least 4 members (excludes halogenated alkanes) is 3. The molecule has 0 bridgehead atoms. The molecule has 1 aromatic carbocycles. The van der Waals surface area contributed by atoms with Gasteiger partial charge in [-0.3, -0.25) is 9.69 Å². The zero-order chi connectivity index (χ0) is 28.5. The van der Waals surface area contributed by atoms with Crippen molar-refractivity contribution in [2.45, 2.75) is 115 Å². The van der Waals surface area contributed by atoms with Gasteiger partial charge in [0, 0.05) is 19.5 Å². The molecule has 3 fully saturated rings. The number of nitrogens with zero attached hydrogens (tertiary/aromatic N) is 1. The molecule has 3 aliphatic rings. The Balaban J connectivity index is 0.00000462. The number of rotatable bonds is 13. The Labute approximate surface area is 255 Å². The number of aromatic hydroxyl groups is 1. The molecule has 2 saturated carbocycles. The van der Waals surface area contributed by atoms with Crippen LogP contribution in [0.1, 0.15) is 115 Å². The Morgan fingerprint density at radius 2 is 1.85 bits per heavy atom. The van der Waals surface area contributed by atoms with Gasteiger partial charge in [0.05, 0.1) is 25.9 Å². The van der Waals surface area contributed by atoms with Gasteiger partial charge in [-0.2, -0.15) is 0 Å². The van der Waals surface area contributed by atoms with Crippen molar-refractivity contribution in [2.24, 2.45) is 17.8 Å². The number of phenolic OH excluding ortho intramolecular Hbond substituents is 1. The number of morpholine rings is 1. The first-order valence-electron chi connectivity index (χ1n) is 16.2. The molecular formula is C34H56ClNO5. The molecule has 1 heterocycles. The lowest BCUT2D eigenvalue weighted by molar-refractivity contribution is -0.146. The van der Waals surface area contributed by atoms with Gasteiger partial charge >= 0.3 is 5.97 Å². The Hall–Kier alpha value is -1.34. The average molecular weight is 594 g/mol. The van der Waals surface area contributed by atoms with Crippen LogP contribution in [-0.2, 0) is 19.7 Å². The van der Waals surface area contributed by atoms with E-state index in [1.54, 1.807) is 0 Å². The van der Waals surface area contributed by atoms with Crippen LogP contribution in [0.5, 0.6) is 5.75 Å². The highest BCUT2D eigenvalue weighted by molar-refractivity contribution is 5.85. The lowest BCUT2D eigenvalue weighted by atomic mass is 9.60. The fourth-order valence-electron chi connectivity index (χ4n) is 7.54. The molecule has 5 atom stereocenters. The van der Waals surface area contributed by atoms with Gasteiger partial charge in [0.25, 0.3) is 0 Å². The number of benzene rings is 1. The predicted octanol–water partition coefficient (Wildman–Crippen LogP) is 6.99. The van der Waals surface area contributed by atoms with Crippen molar-refractivity contribution in [3.05, 3.63) is 29.3 Å². The summed E-state index contributed by atoms with van der Waals surface area (Å²) in [6.45, 7) is 11.7. The molecule has 0 aromatic heterocycles. The van der Waals surface area contributed by atoms with Crippen LogP contribution in [0, 0.1) is 17.8 Å². The molecule has 6 nitrogen and oxygen atoms in total. The molecule has 2 aliphatic carbocycles. The summed E-state index contributed by atoms with van der Waals surface area (Å²) in [6, 6.07) is 6.34. The second-order valence-electron chi connectivity index (χ2n) is 13.5. The molecular weight excluding hydrogens is 538 g/mol. The van der Waals surface area contributed by atoms with Crippen LogP contribution >= 0.6 is 12.4 Å². The summed E-state index contributed by atoms with van der Waals surface area (Å²) < 4.78 is 11.2. The second-order valence-corrected chi connectivity index (χ2v) is 13.5. The number of hydrogen-bond acceptors (Lipinski definition) is 6. The van der Waals surface area contributed by atoms with Crippen molar-refractivity contribution < 1.29 is 24.5 Å². The van der Waals surface area contributed by atoms with Gasteiger partial charge in [-0.25, -0.2) is 0 Å². The van der Waals surface area contributed by atoms with E-state index in [1.165, 1.54) is 31.2 Å². The van der Waals surface area contributed by atoms with Gasteiger partial charge in [-0.15, -0.1) is 12.4 Å². The van der Waals surface area contributed by atoms with Gasteiger partial charge in [0.1, 0.15) is 5.75 Å². The Morgan fingerprint density at radius 1 is 1.07 bits per heavy atom. The molecule has 0 spiro atoms. The number of aliphatic hydroxyl groups excluding tert-OH is 1. The maximum Gasteiger partial charge on any atom is 0.305 e. The monoisotopic (exact) mass is 593 g/mol. The van der Waals surface area contributed by atoms with Crippen molar-refractivity contribution in [3.8, 4) is 5.75 Å². The zero-order valence-corrected chi connectivity index (χ0v) is 26.6. The number of esters is 1.